The highest BCUT2D eigenvalue weighted by Crippen LogP contribution is 2.30. The Morgan fingerprint density at radius 1 is 0.793 bits per heavy atom. The molecular formula is C45H49N9O4. The minimum atomic E-state index is -0.706. The Labute approximate surface area is 338 Å². The SMILES string of the molecule is CCCN(Cc1ncc(-c2ccc(-c3ccc4cc(-c5cnc(CN(CC(C)C#N)C(=O)CNC(=O)OC)[nH]5)ccc4c3)cc2)[nH]1)C(=O)C(c1ccccc1)N(C)C. The maximum atomic E-state index is 13.8. The molecule has 0 bridgehead atoms. The number of hydrogen-bond donors (Lipinski definition) is 3. The molecule has 298 valence electrons. The largest absolute Gasteiger partial charge is 0.453 e. The number of imidazole rings is 2. The van der Waals surface area contributed by atoms with Crippen LogP contribution in [0.15, 0.2) is 103 Å². The number of rotatable bonds is 16. The van der Waals surface area contributed by atoms with Crippen molar-refractivity contribution in [2.75, 3.05) is 40.8 Å². The Kier molecular flexibility index (Phi) is 13.3. The van der Waals surface area contributed by atoms with Crippen LogP contribution in [0.4, 0.5) is 4.79 Å². The molecule has 3 N–H and O–H groups in total. The number of nitrogens with one attached hydrogen (secondary N) is 3. The van der Waals surface area contributed by atoms with Crippen molar-refractivity contribution in [2.45, 2.75) is 39.4 Å². The zero-order valence-corrected chi connectivity index (χ0v) is 33.5. The van der Waals surface area contributed by atoms with E-state index >= 15 is 0 Å². The summed E-state index contributed by atoms with van der Waals surface area (Å²) in [6, 6.07) is 32.6. The molecule has 0 saturated heterocycles. The van der Waals surface area contributed by atoms with Crippen LogP contribution in [-0.4, -0.2) is 93.4 Å². The number of H-pyrrole nitrogens is 2. The van der Waals surface area contributed by atoms with Crippen molar-refractivity contribution in [1.29, 1.82) is 5.26 Å². The summed E-state index contributed by atoms with van der Waals surface area (Å²) in [5, 5.41) is 13.9. The number of methoxy groups -OCH3 is 1. The summed E-state index contributed by atoms with van der Waals surface area (Å²) < 4.78 is 4.57. The van der Waals surface area contributed by atoms with Crippen molar-refractivity contribution in [3.63, 3.8) is 0 Å². The summed E-state index contributed by atoms with van der Waals surface area (Å²) in [6.45, 7) is 4.91. The van der Waals surface area contributed by atoms with Crippen molar-refractivity contribution in [3.05, 3.63) is 121 Å². The second-order valence-corrected chi connectivity index (χ2v) is 14.5. The first-order valence-corrected chi connectivity index (χ1v) is 19.3. The van der Waals surface area contributed by atoms with Crippen LogP contribution in [0, 0.1) is 17.2 Å². The van der Waals surface area contributed by atoms with E-state index in [0.29, 0.717) is 18.9 Å². The maximum Gasteiger partial charge on any atom is 0.407 e. The Bertz CT molecular complexity index is 2380. The molecule has 0 radical (unpaired) electrons. The van der Waals surface area contributed by atoms with Gasteiger partial charge in [-0.1, -0.05) is 85.8 Å². The zero-order valence-electron chi connectivity index (χ0n) is 33.5. The molecule has 0 aliphatic carbocycles. The Hall–Kier alpha value is -6.78. The minimum absolute atomic E-state index is 0.0474. The van der Waals surface area contributed by atoms with Gasteiger partial charge in [0.1, 0.15) is 24.2 Å². The summed E-state index contributed by atoms with van der Waals surface area (Å²) in [7, 11) is 5.09. The van der Waals surface area contributed by atoms with Crippen LogP contribution in [0.1, 0.15) is 43.5 Å². The van der Waals surface area contributed by atoms with E-state index in [4.69, 9.17) is 0 Å². The van der Waals surface area contributed by atoms with Gasteiger partial charge in [0.25, 0.3) is 0 Å². The number of ether oxygens (including phenoxy) is 1. The second kappa shape index (κ2) is 18.9. The number of aromatic nitrogens is 4. The van der Waals surface area contributed by atoms with Gasteiger partial charge in [0, 0.05) is 18.7 Å². The molecule has 0 saturated carbocycles. The lowest BCUT2D eigenvalue weighted by Crippen LogP contribution is -2.41. The predicted molar refractivity (Wildman–Crippen MR) is 224 cm³/mol. The van der Waals surface area contributed by atoms with Gasteiger partial charge < -0.3 is 29.8 Å². The fourth-order valence-corrected chi connectivity index (χ4v) is 6.94. The molecule has 4 aromatic carbocycles. The van der Waals surface area contributed by atoms with E-state index in [1.807, 2.05) is 66.5 Å². The Balaban J connectivity index is 1.12. The molecule has 13 heteroatoms. The monoisotopic (exact) mass is 779 g/mol. The highest BCUT2D eigenvalue weighted by atomic mass is 16.5. The standard InChI is InChI=1S/C45H49N9O4/c1-6-20-53(44(56)43(52(3)4)33-10-8-7-9-11-33)28-40-47-24-38(50-40)32-14-12-31(13-15-32)34-16-17-36-22-37(19-18-35(36)21-34)39-25-48-41(51-39)29-54(27-30(2)23-46)42(55)26-49-45(57)58-5/h7-19,21-22,24-25,30,43H,6,20,26-29H2,1-5H3,(H,47,50)(H,48,51)(H,49,57). The van der Waals surface area contributed by atoms with Crippen molar-refractivity contribution >= 4 is 28.7 Å². The van der Waals surface area contributed by atoms with Gasteiger partial charge >= 0.3 is 6.09 Å². The molecule has 0 spiro atoms. The molecule has 2 aromatic heterocycles. The fourth-order valence-electron chi connectivity index (χ4n) is 6.94. The topological polar surface area (TPSA) is 163 Å². The first kappa shape index (κ1) is 40.9. The Morgan fingerprint density at radius 3 is 1.97 bits per heavy atom. The molecule has 3 amide bonds. The van der Waals surface area contributed by atoms with Gasteiger partial charge in [0.2, 0.25) is 11.8 Å². The number of fused-ring (bicyclic) bond motifs is 1. The van der Waals surface area contributed by atoms with E-state index in [0.717, 1.165) is 62.2 Å². The zero-order chi connectivity index (χ0) is 41.2. The second-order valence-electron chi connectivity index (χ2n) is 14.5. The lowest BCUT2D eigenvalue weighted by atomic mass is 9.98. The van der Waals surface area contributed by atoms with Gasteiger partial charge in [-0.2, -0.15) is 5.26 Å². The number of carbonyl (C=O) groups excluding carboxylic acids is 3. The molecule has 58 heavy (non-hydrogen) atoms. The van der Waals surface area contributed by atoms with Crippen molar-refractivity contribution in [2.24, 2.45) is 5.92 Å². The third kappa shape index (κ3) is 9.96. The van der Waals surface area contributed by atoms with Crippen LogP contribution in [0.25, 0.3) is 44.4 Å². The number of hydrogen-bond acceptors (Lipinski definition) is 8. The van der Waals surface area contributed by atoms with Crippen LogP contribution in [0.2, 0.25) is 0 Å². The van der Waals surface area contributed by atoms with Gasteiger partial charge in [0.15, 0.2) is 0 Å². The molecule has 2 atom stereocenters. The quantitative estimate of drug-likeness (QED) is 0.0931. The van der Waals surface area contributed by atoms with Gasteiger partial charge in [-0.05, 0) is 72.6 Å². The summed E-state index contributed by atoms with van der Waals surface area (Å²) in [4.78, 5) is 59.5. The normalized spacial score (nSPS) is 12.2. The molecule has 6 aromatic rings. The molecule has 0 fully saturated rings. The molecule has 2 heterocycles. The number of nitriles is 1. The number of likely N-dealkylation sites (N-methyl/N-ethyl adjacent to an activating group) is 1. The van der Waals surface area contributed by atoms with Gasteiger partial charge in [-0.3, -0.25) is 14.5 Å². The molecule has 0 aliphatic heterocycles. The van der Waals surface area contributed by atoms with Crippen molar-refractivity contribution in [3.8, 4) is 39.7 Å². The van der Waals surface area contributed by atoms with Crippen LogP contribution in [0.5, 0.6) is 0 Å². The smallest absolute Gasteiger partial charge is 0.407 e. The third-order valence-electron chi connectivity index (χ3n) is 9.93. The third-order valence-corrected chi connectivity index (χ3v) is 9.93. The molecule has 2 unspecified atom stereocenters. The van der Waals surface area contributed by atoms with E-state index in [2.05, 4.69) is 97.6 Å². The summed E-state index contributed by atoms with van der Waals surface area (Å²) >= 11 is 0. The average molecular weight is 780 g/mol. The highest BCUT2D eigenvalue weighted by Gasteiger charge is 2.28. The van der Waals surface area contributed by atoms with Crippen LogP contribution >= 0.6 is 0 Å². The fraction of sp³-hybridized carbons (Fsp3) is 0.289. The number of carbonyl (C=O) groups is 3. The number of aromatic amines is 2. The molecular weight excluding hydrogens is 731 g/mol. The number of amides is 3. The summed E-state index contributed by atoms with van der Waals surface area (Å²) in [6.07, 6.45) is 3.69. The van der Waals surface area contributed by atoms with E-state index < -0.39 is 12.0 Å². The molecule has 13 nitrogen and oxygen atoms in total. The lowest BCUT2D eigenvalue weighted by molar-refractivity contribution is -0.137. The summed E-state index contributed by atoms with van der Waals surface area (Å²) in [5.74, 6) is 0.583. The van der Waals surface area contributed by atoms with E-state index in [-0.39, 0.29) is 37.5 Å². The van der Waals surface area contributed by atoms with E-state index in [1.165, 1.54) is 12.0 Å². The van der Waals surface area contributed by atoms with Crippen molar-refractivity contribution < 1.29 is 19.1 Å². The first-order chi connectivity index (χ1) is 28.1. The van der Waals surface area contributed by atoms with Crippen molar-refractivity contribution in [1.82, 2.24) is 40.0 Å². The first-order valence-electron chi connectivity index (χ1n) is 19.3. The van der Waals surface area contributed by atoms with E-state index in [1.54, 1.807) is 13.1 Å². The van der Waals surface area contributed by atoms with E-state index in [9.17, 15) is 19.6 Å². The highest BCUT2D eigenvalue weighted by molar-refractivity contribution is 5.90. The number of nitrogens with zero attached hydrogens (tertiary/aromatic N) is 6. The number of alkyl carbamates (subject to hydrolysis) is 1. The predicted octanol–water partition coefficient (Wildman–Crippen LogP) is 7.17. The van der Waals surface area contributed by atoms with Crippen LogP contribution in [0.3, 0.4) is 0 Å². The summed E-state index contributed by atoms with van der Waals surface area (Å²) in [5.41, 5.74) is 6.75. The average Bonchev–Trinajstić information content (AvgIpc) is 3.92. The Morgan fingerprint density at radius 2 is 1.36 bits per heavy atom. The van der Waals surface area contributed by atoms with Crippen LogP contribution < -0.4 is 5.32 Å². The lowest BCUT2D eigenvalue weighted by Gasteiger charge is -2.30. The minimum Gasteiger partial charge on any atom is -0.453 e. The van der Waals surface area contributed by atoms with Gasteiger partial charge in [-0.25, -0.2) is 14.8 Å². The molecule has 6 rings (SSSR count). The maximum absolute atomic E-state index is 13.8. The van der Waals surface area contributed by atoms with Gasteiger partial charge in [0.05, 0.1) is 56.0 Å². The van der Waals surface area contributed by atoms with Gasteiger partial charge in [-0.15, -0.1) is 0 Å². The van der Waals surface area contributed by atoms with Crippen LogP contribution in [-0.2, 0) is 27.4 Å². The number of benzene rings is 4. The molecule has 0 aliphatic rings.